The number of nitrogens with one attached hydrogen (secondary N) is 2. The smallest absolute Gasteiger partial charge is 0.259 e. The number of hydrogen-bond acceptors (Lipinski definition) is 5. The molecule has 0 saturated carbocycles. The lowest BCUT2D eigenvalue weighted by Crippen LogP contribution is -2.33. The van der Waals surface area contributed by atoms with Gasteiger partial charge in [0.05, 0.1) is 16.9 Å². The van der Waals surface area contributed by atoms with Gasteiger partial charge in [0.15, 0.2) is 0 Å². The molecule has 136 valence electrons. The molecule has 2 N–H and O–H groups in total. The fraction of sp³-hybridized carbons (Fsp3) is 0.316. The number of benzene rings is 1. The molecule has 0 unspecified atom stereocenters. The molecule has 0 aliphatic heterocycles. The molecule has 3 rings (SSSR count). The number of nitrogens with zero attached hydrogens (tertiary/aromatic N) is 1. The van der Waals surface area contributed by atoms with Gasteiger partial charge in [0, 0.05) is 10.9 Å². The molecule has 1 aromatic carbocycles. The van der Waals surface area contributed by atoms with E-state index in [-0.39, 0.29) is 17.5 Å². The van der Waals surface area contributed by atoms with Crippen molar-refractivity contribution < 1.29 is 4.79 Å². The van der Waals surface area contributed by atoms with Crippen molar-refractivity contribution in [1.82, 2.24) is 15.3 Å². The van der Waals surface area contributed by atoms with Gasteiger partial charge in [0.2, 0.25) is 5.91 Å². The molecule has 0 radical (unpaired) electrons. The van der Waals surface area contributed by atoms with Crippen LogP contribution in [0.15, 0.2) is 41.2 Å². The molecule has 0 spiro atoms. The third-order valence-corrected chi connectivity index (χ3v) is 6.02. The van der Waals surface area contributed by atoms with Gasteiger partial charge in [-0.1, -0.05) is 37.3 Å². The van der Waals surface area contributed by atoms with Gasteiger partial charge in [0.25, 0.3) is 5.56 Å². The van der Waals surface area contributed by atoms with Crippen molar-refractivity contribution in [1.29, 1.82) is 0 Å². The maximum Gasteiger partial charge on any atom is 0.259 e. The van der Waals surface area contributed by atoms with Crippen molar-refractivity contribution in [3.63, 3.8) is 0 Å². The summed E-state index contributed by atoms with van der Waals surface area (Å²) in [7, 11) is 0. The minimum absolute atomic E-state index is 0.00950. The highest BCUT2D eigenvalue weighted by molar-refractivity contribution is 7.99. The molecule has 0 fully saturated rings. The third-order valence-electron chi connectivity index (χ3n) is 4.00. The van der Waals surface area contributed by atoms with E-state index in [4.69, 9.17) is 0 Å². The molecular weight excluding hydrogens is 366 g/mol. The highest BCUT2D eigenvalue weighted by Gasteiger charge is 2.11. The topological polar surface area (TPSA) is 74.8 Å². The van der Waals surface area contributed by atoms with Crippen molar-refractivity contribution in [3.8, 4) is 10.4 Å². The van der Waals surface area contributed by atoms with E-state index >= 15 is 0 Å². The normalized spacial score (nSPS) is 12.2. The van der Waals surface area contributed by atoms with E-state index in [1.165, 1.54) is 23.1 Å². The lowest BCUT2D eigenvalue weighted by molar-refractivity contribution is -0.119. The maximum atomic E-state index is 12.3. The quantitative estimate of drug-likeness (QED) is 0.647. The second kappa shape index (κ2) is 8.51. The van der Waals surface area contributed by atoms with Crippen LogP contribution in [0.4, 0.5) is 0 Å². The Hall–Kier alpha value is -2.12. The average molecular weight is 388 g/mol. The van der Waals surface area contributed by atoms with Gasteiger partial charge in [-0.15, -0.1) is 23.1 Å². The van der Waals surface area contributed by atoms with Crippen LogP contribution in [0, 0.1) is 0 Å². The summed E-state index contributed by atoms with van der Waals surface area (Å²) in [6, 6.07) is 12.0. The minimum atomic E-state index is -0.131. The molecule has 5 nitrogen and oxygen atoms in total. The first-order chi connectivity index (χ1) is 12.6. The standard InChI is InChI=1S/C19H21N3O2S2/c1-3-12(2)20-17(23)11-25-10-16-21-18(24)14-9-15(26-19(14)22-16)13-7-5-4-6-8-13/h4-9,12H,3,10-11H2,1-2H3,(H,20,23)(H,21,22,24)/t12-/m0/s1. The molecule has 2 aromatic heterocycles. The predicted molar refractivity (Wildman–Crippen MR) is 110 cm³/mol. The van der Waals surface area contributed by atoms with Gasteiger partial charge in [-0.25, -0.2) is 4.98 Å². The Morgan fingerprint density at radius 3 is 2.85 bits per heavy atom. The average Bonchev–Trinajstić information content (AvgIpc) is 3.07. The molecule has 1 amide bonds. The largest absolute Gasteiger partial charge is 0.353 e. The summed E-state index contributed by atoms with van der Waals surface area (Å²) < 4.78 is 0. The van der Waals surface area contributed by atoms with E-state index in [0.717, 1.165) is 21.7 Å². The first kappa shape index (κ1) is 18.7. The summed E-state index contributed by atoms with van der Waals surface area (Å²) in [5, 5.41) is 3.54. The molecule has 0 aliphatic carbocycles. The van der Waals surface area contributed by atoms with E-state index in [2.05, 4.69) is 15.3 Å². The summed E-state index contributed by atoms with van der Waals surface area (Å²) >= 11 is 2.96. The van der Waals surface area contributed by atoms with Gasteiger partial charge >= 0.3 is 0 Å². The Labute approximate surface area is 160 Å². The van der Waals surface area contributed by atoms with Crippen molar-refractivity contribution >= 4 is 39.2 Å². The SMILES string of the molecule is CC[C@H](C)NC(=O)CSCc1nc2sc(-c3ccccc3)cc2c(=O)[nH]1. The molecular formula is C19H21N3O2S2. The number of aromatic amines is 1. The van der Waals surface area contributed by atoms with Crippen molar-refractivity contribution in [2.45, 2.75) is 32.1 Å². The van der Waals surface area contributed by atoms with Crippen LogP contribution in [0.3, 0.4) is 0 Å². The molecule has 0 aliphatic rings. The molecule has 7 heteroatoms. The zero-order chi connectivity index (χ0) is 18.5. The van der Waals surface area contributed by atoms with Gasteiger partial charge < -0.3 is 10.3 Å². The zero-order valence-electron chi connectivity index (χ0n) is 14.7. The molecule has 3 aromatic rings. The van der Waals surface area contributed by atoms with Gasteiger partial charge in [-0.05, 0) is 25.0 Å². The van der Waals surface area contributed by atoms with Crippen molar-refractivity contribution in [2.75, 3.05) is 5.75 Å². The molecule has 0 saturated heterocycles. The molecule has 2 heterocycles. The highest BCUT2D eigenvalue weighted by atomic mass is 32.2. The number of carbonyl (C=O) groups excluding carboxylic acids is 1. The van der Waals surface area contributed by atoms with Crippen LogP contribution in [0.2, 0.25) is 0 Å². The number of fused-ring (bicyclic) bond motifs is 1. The number of thiophene rings is 1. The summed E-state index contributed by atoms with van der Waals surface area (Å²) in [6.07, 6.45) is 0.907. The van der Waals surface area contributed by atoms with E-state index in [1.807, 2.05) is 50.2 Å². The number of H-pyrrole nitrogens is 1. The zero-order valence-corrected chi connectivity index (χ0v) is 16.4. The van der Waals surface area contributed by atoms with Crippen LogP contribution in [0.1, 0.15) is 26.1 Å². The lowest BCUT2D eigenvalue weighted by atomic mass is 10.2. The first-order valence-corrected chi connectivity index (χ1v) is 10.5. The summed E-state index contributed by atoms with van der Waals surface area (Å²) in [5.74, 6) is 1.46. The van der Waals surface area contributed by atoms with E-state index in [0.29, 0.717) is 22.7 Å². The summed E-state index contributed by atoms with van der Waals surface area (Å²) in [4.78, 5) is 33.3. The molecule has 0 bridgehead atoms. The van der Waals surface area contributed by atoms with Crippen LogP contribution in [0.25, 0.3) is 20.7 Å². The second-order valence-electron chi connectivity index (χ2n) is 6.08. The third kappa shape index (κ3) is 4.53. The fourth-order valence-electron chi connectivity index (χ4n) is 2.45. The minimum Gasteiger partial charge on any atom is -0.353 e. The maximum absolute atomic E-state index is 12.3. The molecule has 1 atom stereocenters. The fourth-order valence-corrected chi connectivity index (χ4v) is 4.21. The van der Waals surface area contributed by atoms with Crippen LogP contribution >= 0.6 is 23.1 Å². The van der Waals surface area contributed by atoms with Crippen LogP contribution in [-0.4, -0.2) is 27.7 Å². The second-order valence-corrected chi connectivity index (χ2v) is 8.09. The summed E-state index contributed by atoms with van der Waals surface area (Å²) in [5.41, 5.74) is 0.945. The lowest BCUT2D eigenvalue weighted by Gasteiger charge is -2.10. The van der Waals surface area contributed by atoms with E-state index < -0.39 is 0 Å². The Morgan fingerprint density at radius 2 is 2.12 bits per heavy atom. The Bertz CT molecular complexity index is 950. The number of aromatic nitrogens is 2. The van der Waals surface area contributed by atoms with Gasteiger partial charge in [0.1, 0.15) is 10.7 Å². The van der Waals surface area contributed by atoms with E-state index in [1.54, 1.807) is 0 Å². The van der Waals surface area contributed by atoms with Crippen molar-refractivity contribution in [2.24, 2.45) is 0 Å². The van der Waals surface area contributed by atoms with Crippen LogP contribution in [-0.2, 0) is 10.5 Å². The Kier molecular flexibility index (Phi) is 6.11. The number of amides is 1. The number of hydrogen-bond donors (Lipinski definition) is 2. The summed E-state index contributed by atoms with van der Waals surface area (Å²) in [6.45, 7) is 4.02. The highest BCUT2D eigenvalue weighted by Crippen LogP contribution is 2.30. The Morgan fingerprint density at radius 1 is 1.35 bits per heavy atom. The van der Waals surface area contributed by atoms with E-state index in [9.17, 15) is 9.59 Å². The Balaban J connectivity index is 1.71. The number of rotatable bonds is 7. The predicted octanol–water partition coefficient (Wildman–Crippen LogP) is 3.80. The first-order valence-electron chi connectivity index (χ1n) is 8.52. The van der Waals surface area contributed by atoms with Gasteiger partial charge in [-0.3, -0.25) is 9.59 Å². The monoisotopic (exact) mass is 387 g/mol. The van der Waals surface area contributed by atoms with Crippen LogP contribution < -0.4 is 10.9 Å². The molecule has 26 heavy (non-hydrogen) atoms. The van der Waals surface area contributed by atoms with Gasteiger partial charge in [-0.2, -0.15) is 0 Å². The van der Waals surface area contributed by atoms with Crippen molar-refractivity contribution in [3.05, 3.63) is 52.6 Å². The van der Waals surface area contributed by atoms with Crippen LogP contribution in [0.5, 0.6) is 0 Å². The number of thioether (sulfide) groups is 1. The number of carbonyl (C=O) groups is 1.